The first-order chi connectivity index (χ1) is 17.4. The molecule has 0 radical (unpaired) electrons. The summed E-state index contributed by atoms with van der Waals surface area (Å²) in [5.74, 6) is -2.44. The molecule has 0 aliphatic heterocycles. The average molecular weight is 489 g/mol. The van der Waals surface area contributed by atoms with Crippen molar-refractivity contribution in [2.75, 3.05) is 6.61 Å². The molecule has 0 fully saturated rings. The number of carboxylic acids is 2. The molecule has 3 aromatic carbocycles. The summed E-state index contributed by atoms with van der Waals surface area (Å²) in [7, 11) is 0. The largest absolute Gasteiger partial charge is 0.481 e. The van der Waals surface area contributed by atoms with Gasteiger partial charge in [0, 0.05) is 6.42 Å². The lowest BCUT2D eigenvalue weighted by Crippen LogP contribution is -2.43. The van der Waals surface area contributed by atoms with E-state index in [0.717, 1.165) is 0 Å². The Hall–Kier alpha value is -3.93. The van der Waals surface area contributed by atoms with Crippen LogP contribution in [0.15, 0.2) is 91.0 Å². The van der Waals surface area contributed by atoms with E-state index in [2.05, 4.69) is 0 Å². The van der Waals surface area contributed by atoms with Crippen molar-refractivity contribution in [1.29, 1.82) is 0 Å². The Morgan fingerprint density at radius 2 is 1.17 bits per heavy atom. The Bertz CT molecular complexity index is 1100. The van der Waals surface area contributed by atoms with Crippen molar-refractivity contribution in [1.82, 2.24) is 0 Å². The highest BCUT2D eigenvalue weighted by atomic mass is 16.5. The number of carbonyl (C=O) groups excluding carboxylic acids is 1. The van der Waals surface area contributed by atoms with Crippen LogP contribution in [0.2, 0.25) is 0 Å². The van der Waals surface area contributed by atoms with Crippen LogP contribution in [0.25, 0.3) is 0 Å². The van der Waals surface area contributed by atoms with Crippen LogP contribution in [-0.2, 0) is 30.0 Å². The summed E-state index contributed by atoms with van der Waals surface area (Å²) in [6.45, 7) is 1.88. The van der Waals surface area contributed by atoms with Gasteiger partial charge in [-0.25, -0.2) is 0 Å². The number of benzene rings is 3. The predicted octanol–water partition coefficient (Wildman–Crippen LogP) is 5.59. The lowest BCUT2D eigenvalue weighted by molar-refractivity contribution is -0.152. The number of rotatable bonds is 13. The molecular weight excluding hydrogens is 456 g/mol. The summed E-state index contributed by atoms with van der Waals surface area (Å²) in [6.07, 6.45) is 0.638. The van der Waals surface area contributed by atoms with Gasteiger partial charge in [-0.15, -0.1) is 0 Å². The predicted molar refractivity (Wildman–Crippen MR) is 137 cm³/mol. The first-order valence-corrected chi connectivity index (χ1v) is 12.2. The maximum absolute atomic E-state index is 13.6. The zero-order valence-electron chi connectivity index (χ0n) is 20.4. The lowest BCUT2D eigenvalue weighted by Gasteiger charge is -2.37. The second kappa shape index (κ2) is 12.2. The molecule has 188 valence electrons. The van der Waals surface area contributed by atoms with Crippen LogP contribution in [0.1, 0.15) is 55.7 Å². The standard InChI is InChI=1S/C30H32O6/c1-2-36-28(35)29(20-12-19-26(31)32,23-13-6-3-7-14-23)21-22-30(27(33)34,24-15-8-4-9-16-24)25-17-10-5-11-18-25/h3-11,13-18H,2,12,19-22H2,1H3,(H,31,32)(H,33,34). The molecular formula is C30H32O6. The molecule has 0 aromatic heterocycles. The zero-order chi connectivity index (χ0) is 26.0. The fraction of sp³-hybridized carbons (Fsp3) is 0.300. The van der Waals surface area contributed by atoms with Crippen molar-refractivity contribution in [3.8, 4) is 0 Å². The van der Waals surface area contributed by atoms with Crippen molar-refractivity contribution >= 4 is 17.9 Å². The van der Waals surface area contributed by atoms with Gasteiger partial charge >= 0.3 is 17.9 Å². The van der Waals surface area contributed by atoms with Crippen molar-refractivity contribution in [3.05, 3.63) is 108 Å². The van der Waals surface area contributed by atoms with Crippen molar-refractivity contribution in [2.45, 2.75) is 49.9 Å². The smallest absolute Gasteiger partial charge is 0.318 e. The van der Waals surface area contributed by atoms with Crippen LogP contribution in [0.3, 0.4) is 0 Å². The number of hydrogen-bond acceptors (Lipinski definition) is 4. The van der Waals surface area contributed by atoms with Gasteiger partial charge in [0.15, 0.2) is 0 Å². The number of hydrogen-bond donors (Lipinski definition) is 2. The van der Waals surface area contributed by atoms with Gasteiger partial charge in [-0.3, -0.25) is 14.4 Å². The zero-order valence-corrected chi connectivity index (χ0v) is 20.4. The summed E-state index contributed by atoms with van der Waals surface area (Å²) < 4.78 is 5.52. The molecule has 0 bridgehead atoms. The van der Waals surface area contributed by atoms with E-state index >= 15 is 0 Å². The molecule has 0 aliphatic carbocycles. The van der Waals surface area contributed by atoms with Crippen LogP contribution < -0.4 is 0 Å². The van der Waals surface area contributed by atoms with Gasteiger partial charge < -0.3 is 14.9 Å². The molecule has 0 spiro atoms. The Kier molecular flexibility index (Phi) is 9.01. The molecule has 36 heavy (non-hydrogen) atoms. The van der Waals surface area contributed by atoms with Crippen LogP contribution in [-0.4, -0.2) is 34.7 Å². The molecule has 3 aromatic rings. The molecule has 1 unspecified atom stereocenters. The quantitative estimate of drug-likeness (QED) is 0.304. The SMILES string of the molecule is CCOC(=O)C(CCCC(=O)O)(CCC(C(=O)O)(c1ccccc1)c1ccccc1)c1ccccc1. The third kappa shape index (κ3) is 5.65. The molecule has 6 nitrogen and oxygen atoms in total. The van der Waals surface area contributed by atoms with Crippen LogP contribution in [0.4, 0.5) is 0 Å². The fourth-order valence-electron chi connectivity index (χ4n) is 4.96. The van der Waals surface area contributed by atoms with E-state index in [9.17, 15) is 24.6 Å². The summed E-state index contributed by atoms with van der Waals surface area (Å²) in [4.78, 5) is 38.0. The van der Waals surface area contributed by atoms with E-state index in [1.807, 2.05) is 42.5 Å². The number of carboxylic acid groups (broad SMARTS) is 2. The lowest BCUT2D eigenvalue weighted by atomic mass is 9.65. The van der Waals surface area contributed by atoms with E-state index in [1.54, 1.807) is 55.5 Å². The monoisotopic (exact) mass is 488 g/mol. The van der Waals surface area contributed by atoms with E-state index in [0.29, 0.717) is 16.7 Å². The topological polar surface area (TPSA) is 101 Å². The fourth-order valence-corrected chi connectivity index (χ4v) is 4.96. The average Bonchev–Trinajstić information content (AvgIpc) is 2.89. The number of esters is 1. The molecule has 0 aliphatic rings. The minimum Gasteiger partial charge on any atom is -0.481 e. The maximum Gasteiger partial charge on any atom is 0.318 e. The van der Waals surface area contributed by atoms with Gasteiger partial charge in [0.1, 0.15) is 5.41 Å². The molecule has 1 atom stereocenters. The minimum atomic E-state index is -1.41. The normalized spacial score (nSPS) is 12.9. The van der Waals surface area contributed by atoms with Gasteiger partial charge in [-0.2, -0.15) is 0 Å². The summed E-state index contributed by atoms with van der Waals surface area (Å²) in [5.41, 5.74) is -0.701. The summed E-state index contributed by atoms with van der Waals surface area (Å²) in [5, 5.41) is 20.0. The Morgan fingerprint density at radius 3 is 1.58 bits per heavy atom. The maximum atomic E-state index is 13.6. The highest BCUT2D eigenvalue weighted by molar-refractivity contribution is 5.87. The third-order valence-electron chi connectivity index (χ3n) is 6.81. The van der Waals surface area contributed by atoms with Crippen molar-refractivity contribution in [2.24, 2.45) is 0 Å². The van der Waals surface area contributed by atoms with Gasteiger partial charge in [-0.05, 0) is 49.3 Å². The number of aliphatic carboxylic acids is 2. The van der Waals surface area contributed by atoms with E-state index < -0.39 is 28.7 Å². The Labute approximate surface area is 211 Å². The number of carbonyl (C=O) groups is 3. The second-order valence-corrected chi connectivity index (χ2v) is 8.86. The first kappa shape index (κ1) is 26.7. The first-order valence-electron chi connectivity index (χ1n) is 12.2. The van der Waals surface area contributed by atoms with Crippen LogP contribution in [0.5, 0.6) is 0 Å². The molecule has 0 saturated heterocycles. The van der Waals surface area contributed by atoms with Crippen LogP contribution >= 0.6 is 0 Å². The molecule has 6 heteroatoms. The molecule has 2 N–H and O–H groups in total. The minimum absolute atomic E-state index is 0.102. The summed E-state index contributed by atoms with van der Waals surface area (Å²) in [6, 6.07) is 27.2. The highest BCUT2D eigenvalue weighted by Gasteiger charge is 2.48. The number of ether oxygens (including phenoxy) is 1. The van der Waals surface area contributed by atoms with E-state index in [1.165, 1.54) is 0 Å². The molecule has 0 amide bonds. The van der Waals surface area contributed by atoms with E-state index in [4.69, 9.17) is 4.74 Å². The van der Waals surface area contributed by atoms with Crippen molar-refractivity contribution in [3.63, 3.8) is 0 Å². The van der Waals surface area contributed by atoms with Gasteiger partial charge in [0.05, 0.1) is 12.0 Å². The van der Waals surface area contributed by atoms with Gasteiger partial charge in [0.2, 0.25) is 0 Å². The Balaban J connectivity index is 2.16. The summed E-state index contributed by atoms with van der Waals surface area (Å²) >= 11 is 0. The van der Waals surface area contributed by atoms with Crippen LogP contribution in [0, 0.1) is 0 Å². The van der Waals surface area contributed by atoms with Gasteiger partial charge in [0.25, 0.3) is 0 Å². The Morgan fingerprint density at radius 1 is 0.694 bits per heavy atom. The molecule has 0 heterocycles. The highest BCUT2D eigenvalue weighted by Crippen LogP contribution is 2.44. The van der Waals surface area contributed by atoms with Gasteiger partial charge in [-0.1, -0.05) is 91.0 Å². The molecule has 3 rings (SSSR count). The van der Waals surface area contributed by atoms with E-state index in [-0.39, 0.29) is 38.7 Å². The molecule has 0 saturated carbocycles. The second-order valence-electron chi connectivity index (χ2n) is 8.86. The third-order valence-corrected chi connectivity index (χ3v) is 6.81. The van der Waals surface area contributed by atoms with Crippen molar-refractivity contribution < 1.29 is 29.3 Å².